The van der Waals surface area contributed by atoms with Gasteiger partial charge in [0, 0.05) is 12.3 Å². The quantitative estimate of drug-likeness (QED) is 0.712. The molecule has 2 N–H and O–H groups in total. The van der Waals surface area contributed by atoms with Gasteiger partial charge in [-0.25, -0.2) is 0 Å². The van der Waals surface area contributed by atoms with E-state index in [1.807, 2.05) is 0 Å². The van der Waals surface area contributed by atoms with Crippen LogP contribution in [0.5, 0.6) is 0 Å². The summed E-state index contributed by atoms with van der Waals surface area (Å²) in [6, 6.07) is 0. The van der Waals surface area contributed by atoms with Gasteiger partial charge in [0.25, 0.3) is 0 Å². The normalized spacial score (nSPS) is 25.9. The van der Waals surface area contributed by atoms with Crippen LogP contribution in [0.25, 0.3) is 0 Å². The van der Waals surface area contributed by atoms with Gasteiger partial charge in [-0.15, -0.1) is 0 Å². The Labute approximate surface area is 113 Å². The molecule has 0 aromatic carbocycles. The molecule has 2 heteroatoms. The Bertz CT molecular complexity index is 233. The second-order valence-corrected chi connectivity index (χ2v) is 6.21. The van der Waals surface area contributed by atoms with Gasteiger partial charge in [0.15, 0.2) is 0 Å². The van der Waals surface area contributed by atoms with E-state index in [9.17, 15) is 4.79 Å². The van der Waals surface area contributed by atoms with Crippen LogP contribution in [0.3, 0.4) is 0 Å². The molecular formula is C16H31NO. The molecule has 1 aliphatic carbocycles. The third-order valence-corrected chi connectivity index (χ3v) is 4.46. The summed E-state index contributed by atoms with van der Waals surface area (Å²) in [5, 5.41) is 0. The molecule has 0 aromatic heterocycles. The predicted octanol–water partition coefficient (Wildman–Crippen LogP) is 3.93. The van der Waals surface area contributed by atoms with Gasteiger partial charge < -0.3 is 5.73 Å². The molecule has 106 valence electrons. The van der Waals surface area contributed by atoms with E-state index in [4.69, 9.17) is 5.73 Å². The van der Waals surface area contributed by atoms with E-state index in [0.717, 1.165) is 44.6 Å². The third kappa shape index (κ3) is 5.51. The van der Waals surface area contributed by atoms with Gasteiger partial charge >= 0.3 is 0 Å². The molecule has 3 unspecified atom stereocenters. The molecule has 1 aliphatic rings. The average molecular weight is 253 g/mol. The zero-order chi connectivity index (χ0) is 13.4. The number of carbonyl (C=O) groups excluding carboxylic acids is 1. The molecule has 1 rings (SSSR count). The van der Waals surface area contributed by atoms with Crippen LogP contribution in [0.15, 0.2) is 0 Å². The summed E-state index contributed by atoms with van der Waals surface area (Å²) in [6.07, 6.45) is 10.2. The number of carbonyl (C=O) groups is 1. The molecule has 0 amide bonds. The molecular weight excluding hydrogens is 222 g/mol. The van der Waals surface area contributed by atoms with Gasteiger partial charge in [-0.1, -0.05) is 39.5 Å². The summed E-state index contributed by atoms with van der Waals surface area (Å²) in [7, 11) is 0. The lowest BCUT2D eigenvalue weighted by Crippen LogP contribution is -2.22. The van der Waals surface area contributed by atoms with Gasteiger partial charge in [0.2, 0.25) is 0 Å². The molecule has 0 aromatic rings. The van der Waals surface area contributed by atoms with Crippen molar-refractivity contribution in [2.75, 3.05) is 6.54 Å². The summed E-state index contributed by atoms with van der Waals surface area (Å²) in [5.74, 6) is 2.32. The molecule has 3 atom stereocenters. The first kappa shape index (κ1) is 15.7. The fourth-order valence-corrected chi connectivity index (χ4v) is 3.35. The van der Waals surface area contributed by atoms with Crippen molar-refractivity contribution in [1.82, 2.24) is 0 Å². The van der Waals surface area contributed by atoms with Crippen LogP contribution < -0.4 is 5.73 Å². The number of hydrogen-bond acceptors (Lipinski definition) is 2. The minimum Gasteiger partial charge on any atom is -0.330 e. The SMILES string of the molecule is CCCC(CCN)CCC(=O)C1CCCC(C)C1. The summed E-state index contributed by atoms with van der Waals surface area (Å²) >= 11 is 0. The van der Waals surface area contributed by atoms with E-state index in [0.29, 0.717) is 17.6 Å². The van der Waals surface area contributed by atoms with Gasteiger partial charge in [0.05, 0.1) is 0 Å². The fraction of sp³-hybridized carbons (Fsp3) is 0.938. The van der Waals surface area contributed by atoms with Crippen LogP contribution in [0, 0.1) is 17.8 Å². The first-order valence-corrected chi connectivity index (χ1v) is 7.90. The van der Waals surface area contributed by atoms with Gasteiger partial charge in [-0.2, -0.15) is 0 Å². The second-order valence-electron chi connectivity index (χ2n) is 6.21. The van der Waals surface area contributed by atoms with Crippen molar-refractivity contribution in [2.24, 2.45) is 23.5 Å². The first-order valence-electron chi connectivity index (χ1n) is 7.90. The van der Waals surface area contributed by atoms with Crippen LogP contribution >= 0.6 is 0 Å². The number of rotatable bonds is 8. The summed E-state index contributed by atoms with van der Waals surface area (Å²) in [4.78, 5) is 12.2. The van der Waals surface area contributed by atoms with Crippen molar-refractivity contribution in [3.8, 4) is 0 Å². The van der Waals surface area contributed by atoms with Gasteiger partial charge in [0.1, 0.15) is 5.78 Å². The van der Waals surface area contributed by atoms with Gasteiger partial charge in [-0.05, 0) is 44.1 Å². The zero-order valence-corrected chi connectivity index (χ0v) is 12.3. The standard InChI is InChI=1S/C16H31NO/c1-3-5-14(10-11-17)8-9-16(18)15-7-4-6-13(2)12-15/h13-15H,3-12,17H2,1-2H3. The Morgan fingerprint density at radius 1 is 1.28 bits per heavy atom. The highest BCUT2D eigenvalue weighted by molar-refractivity contribution is 5.81. The highest BCUT2D eigenvalue weighted by atomic mass is 16.1. The van der Waals surface area contributed by atoms with Crippen molar-refractivity contribution in [1.29, 1.82) is 0 Å². The van der Waals surface area contributed by atoms with E-state index < -0.39 is 0 Å². The lowest BCUT2D eigenvalue weighted by Gasteiger charge is -2.26. The van der Waals surface area contributed by atoms with Crippen LogP contribution in [-0.4, -0.2) is 12.3 Å². The lowest BCUT2D eigenvalue weighted by molar-refractivity contribution is -0.124. The maximum atomic E-state index is 12.2. The molecule has 0 aliphatic heterocycles. The summed E-state index contributed by atoms with van der Waals surface area (Å²) in [6.45, 7) is 5.27. The lowest BCUT2D eigenvalue weighted by atomic mass is 9.78. The smallest absolute Gasteiger partial charge is 0.135 e. The van der Waals surface area contributed by atoms with Crippen molar-refractivity contribution in [3.05, 3.63) is 0 Å². The molecule has 2 nitrogen and oxygen atoms in total. The maximum absolute atomic E-state index is 12.2. The average Bonchev–Trinajstić information content (AvgIpc) is 2.36. The van der Waals surface area contributed by atoms with E-state index in [1.165, 1.54) is 25.7 Å². The number of hydrogen-bond donors (Lipinski definition) is 1. The van der Waals surface area contributed by atoms with E-state index in [2.05, 4.69) is 13.8 Å². The molecule has 0 spiro atoms. The minimum absolute atomic E-state index is 0.369. The number of ketones is 1. The van der Waals surface area contributed by atoms with Crippen LogP contribution in [-0.2, 0) is 4.79 Å². The highest BCUT2D eigenvalue weighted by Crippen LogP contribution is 2.30. The number of nitrogens with two attached hydrogens (primary N) is 1. The van der Waals surface area contributed by atoms with Crippen molar-refractivity contribution in [2.45, 2.75) is 71.6 Å². The van der Waals surface area contributed by atoms with E-state index in [-0.39, 0.29) is 0 Å². The van der Waals surface area contributed by atoms with E-state index in [1.54, 1.807) is 0 Å². The first-order chi connectivity index (χ1) is 8.67. The Morgan fingerprint density at radius 3 is 2.67 bits per heavy atom. The van der Waals surface area contributed by atoms with Crippen molar-refractivity contribution >= 4 is 5.78 Å². The molecule has 0 heterocycles. The summed E-state index contributed by atoms with van der Waals surface area (Å²) in [5.41, 5.74) is 5.64. The summed E-state index contributed by atoms with van der Waals surface area (Å²) < 4.78 is 0. The molecule has 0 bridgehead atoms. The van der Waals surface area contributed by atoms with Crippen LogP contribution in [0.2, 0.25) is 0 Å². The zero-order valence-electron chi connectivity index (χ0n) is 12.3. The van der Waals surface area contributed by atoms with Crippen molar-refractivity contribution in [3.63, 3.8) is 0 Å². The monoisotopic (exact) mass is 253 g/mol. The molecule has 0 saturated heterocycles. The van der Waals surface area contributed by atoms with E-state index >= 15 is 0 Å². The highest BCUT2D eigenvalue weighted by Gasteiger charge is 2.24. The van der Waals surface area contributed by atoms with Crippen molar-refractivity contribution < 1.29 is 4.79 Å². The Kier molecular flexibility index (Phi) is 7.57. The maximum Gasteiger partial charge on any atom is 0.135 e. The Hall–Kier alpha value is -0.370. The molecule has 18 heavy (non-hydrogen) atoms. The topological polar surface area (TPSA) is 43.1 Å². The predicted molar refractivity (Wildman–Crippen MR) is 77.4 cm³/mol. The van der Waals surface area contributed by atoms with Crippen LogP contribution in [0.1, 0.15) is 71.6 Å². The second kappa shape index (κ2) is 8.68. The minimum atomic E-state index is 0.369. The molecule has 1 saturated carbocycles. The fourth-order valence-electron chi connectivity index (χ4n) is 3.35. The number of Topliss-reactive ketones (excluding diaryl/α,β-unsaturated/α-hetero) is 1. The molecule has 1 fully saturated rings. The Balaban J connectivity index is 2.29. The Morgan fingerprint density at radius 2 is 2.06 bits per heavy atom. The van der Waals surface area contributed by atoms with Crippen LogP contribution in [0.4, 0.5) is 0 Å². The largest absolute Gasteiger partial charge is 0.330 e. The third-order valence-electron chi connectivity index (χ3n) is 4.46. The molecule has 0 radical (unpaired) electrons. The van der Waals surface area contributed by atoms with Gasteiger partial charge in [-0.3, -0.25) is 4.79 Å².